The van der Waals surface area contributed by atoms with Gasteiger partial charge in [-0.1, -0.05) is 13.8 Å². The first kappa shape index (κ1) is 28.7. The van der Waals surface area contributed by atoms with Gasteiger partial charge < -0.3 is 32.1 Å². The van der Waals surface area contributed by atoms with Gasteiger partial charge in [0.05, 0.1) is 6.04 Å². The van der Waals surface area contributed by atoms with Crippen molar-refractivity contribution in [3.8, 4) is 0 Å². The molecule has 4 atom stereocenters. The van der Waals surface area contributed by atoms with Crippen molar-refractivity contribution in [2.45, 2.75) is 76.5 Å². The molecule has 0 spiro atoms. The molecule has 11 nitrogen and oxygen atoms in total. The van der Waals surface area contributed by atoms with E-state index >= 15 is 0 Å². The highest BCUT2D eigenvalue weighted by molar-refractivity contribution is 7.98. The van der Waals surface area contributed by atoms with Crippen LogP contribution in [0.2, 0.25) is 0 Å². The summed E-state index contributed by atoms with van der Waals surface area (Å²) in [5.41, 5.74) is 5.20. The molecule has 4 amide bonds. The number of carbonyl (C=O) groups is 5. The van der Waals surface area contributed by atoms with Crippen molar-refractivity contribution in [1.82, 2.24) is 21.3 Å². The number of hydrogen-bond donors (Lipinski definition) is 6. The number of thioether (sulfide) groups is 1. The van der Waals surface area contributed by atoms with Crippen molar-refractivity contribution in [3.05, 3.63) is 0 Å². The summed E-state index contributed by atoms with van der Waals surface area (Å²) in [6, 6.07) is -3.54. The van der Waals surface area contributed by atoms with E-state index in [0.29, 0.717) is 18.6 Å². The van der Waals surface area contributed by atoms with Gasteiger partial charge >= 0.3 is 5.97 Å². The Kier molecular flexibility index (Phi) is 12.8. The Balaban J connectivity index is 2.92. The molecule has 1 fully saturated rings. The number of rotatable bonds is 15. The van der Waals surface area contributed by atoms with Crippen LogP contribution in [0.4, 0.5) is 0 Å². The molecule has 188 valence electrons. The molecule has 0 radical (unpaired) electrons. The third-order valence-electron chi connectivity index (χ3n) is 5.25. The Labute approximate surface area is 198 Å². The zero-order valence-electron chi connectivity index (χ0n) is 19.5. The van der Waals surface area contributed by atoms with Crippen LogP contribution in [0.3, 0.4) is 0 Å². The van der Waals surface area contributed by atoms with Gasteiger partial charge in [0.25, 0.3) is 0 Å². The standard InChI is InChI=1S/C21H37N5O6S/c1-12(2)11-16(21(31)32)26-19(29)14(6-7-17(22)27)24-20(30)15(8-10-33-3)25-18(28)13-5-4-9-23-13/h12-16,23H,4-11H2,1-3H3,(H2,22,27)(H,24,30)(H,25,28)(H,26,29)(H,31,32). The van der Waals surface area contributed by atoms with E-state index in [-0.39, 0.29) is 37.1 Å². The number of aliphatic carboxylic acids is 1. The Morgan fingerprint density at radius 1 is 1.03 bits per heavy atom. The zero-order chi connectivity index (χ0) is 25.0. The summed E-state index contributed by atoms with van der Waals surface area (Å²) < 4.78 is 0. The summed E-state index contributed by atoms with van der Waals surface area (Å²) in [5, 5.41) is 20.2. The Hall–Kier alpha value is -2.34. The first-order valence-corrected chi connectivity index (χ1v) is 12.6. The van der Waals surface area contributed by atoms with Crippen LogP contribution in [-0.2, 0) is 24.0 Å². The average molecular weight is 488 g/mol. The SMILES string of the molecule is CSCCC(NC(=O)C1CCCN1)C(=O)NC(CCC(N)=O)C(=O)NC(CC(C)C)C(=O)O. The molecule has 1 aliphatic rings. The summed E-state index contributed by atoms with van der Waals surface area (Å²) in [6.07, 6.45) is 3.72. The van der Waals surface area contributed by atoms with Crippen molar-refractivity contribution >= 4 is 41.4 Å². The van der Waals surface area contributed by atoms with E-state index in [2.05, 4.69) is 21.3 Å². The van der Waals surface area contributed by atoms with Crippen LogP contribution in [0.1, 0.15) is 52.4 Å². The molecule has 1 aliphatic heterocycles. The van der Waals surface area contributed by atoms with Crippen molar-refractivity contribution < 1.29 is 29.1 Å². The molecule has 1 saturated heterocycles. The topological polar surface area (TPSA) is 180 Å². The summed E-state index contributed by atoms with van der Waals surface area (Å²) >= 11 is 1.51. The van der Waals surface area contributed by atoms with Crippen molar-refractivity contribution in [3.63, 3.8) is 0 Å². The zero-order valence-corrected chi connectivity index (χ0v) is 20.3. The molecular weight excluding hydrogens is 450 g/mol. The number of carbonyl (C=O) groups excluding carboxylic acids is 4. The highest BCUT2D eigenvalue weighted by Crippen LogP contribution is 2.09. The van der Waals surface area contributed by atoms with Crippen LogP contribution < -0.4 is 27.0 Å². The third-order valence-corrected chi connectivity index (χ3v) is 5.90. The number of nitrogens with one attached hydrogen (secondary N) is 4. The van der Waals surface area contributed by atoms with Gasteiger partial charge in [-0.3, -0.25) is 19.2 Å². The van der Waals surface area contributed by atoms with E-state index in [4.69, 9.17) is 5.73 Å². The third kappa shape index (κ3) is 10.9. The first-order chi connectivity index (χ1) is 15.5. The second-order valence-corrected chi connectivity index (χ2v) is 9.57. The lowest BCUT2D eigenvalue weighted by molar-refractivity contribution is -0.143. The fourth-order valence-electron chi connectivity index (χ4n) is 3.48. The maximum atomic E-state index is 13.0. The van der Waals surface area contributed by atoms with E-state index < -0.39 is 41.8 Å². The van der Waals surface area contributed by atoms with E-state index in [1.54, 1.807) is 0 Å². The van der Waals surface area contributed by atoms with Gasteiger partial charge in [-0.25, -0.2) is 4.79 Å². The molecule has 7 N–H and O–H groups in total. The van der Waals surface area contributed by atoms with E-state index in [0.717, 1.165) is 13.0 Å². The number of nitrogens with two attached hydrogens (primary N) is 1. The monoisotopic (exact) mass is 487 g/mol. The van der Waals surface area contributed by atoms with Gasteiger partial charge in [-0.2, -0.15) is 11.8 Å². The van der Waals surface area contributed by atoms with Crippen molar-refractivity contribution in [2.75, 3.05) is 18.6 Å². The Morgan fingerprint density at radius 2 is 1.64 bits per heavy atom. The fraction of sp³-hybridized carbons (Fsp3) is 0.762. The quantitative estimate of drug-likeness (QED) is 0.176. The van der Waals surface area contributed by atoms with Crippen LogP contribution in [0, 0.1) is 5.92 Å². The lowest BCUT2D eigenvalue weighted by Gasteiger charge is -2.25. The van der Waals surface area contributed by atoms with Gasteiger partial charge in [-0.05, 0) is 56.6 Å². The van der Waals surface area contributed by atoms with E-state index in [9.17, 15) is 29.1 Å². The summed E-state index contributed by atoms with van der Waals surface area (Å²) in [5.74, 6) is -2.80. The molecular formula is C21H37N5O6S. The Bertz CT molecular complexity index is 699. The van der Waals surface area contributed by atoms with Crippen LogP contribution in [-0.4, -0.2) is 77.4 Å². The molecule has 12 heteroatoms. The molecule has 0 bridgehead atoms. The predicted octanol–water partition coefficient (Wildman–Crippen LogP) is -0.658. The second kappa shape index (κ2) is 14.7. The van der Waals surface area contributed by atoms with Crippen LogP contribution in [0.15, 0.2) is 0 Å². The molecule has 0 aromatic heterocycles. The van der Waals surface area contributed by atoms with E-state index in [1.807, 2.05) is 20.1 Å². The van der Waals surface area contributed by atoms with Crippen molar-refractivity contribution in [1.29, 1.82) is 0 Å². The van der Waals surface area contributed by atoms with Crippen LogP contribution in [0.5, 0.6) is 0 Å². The summed E-state index contributed by atoms with van der Waals surface area (Å²) in [4.78, 5) is 61.1. The summed E-state index contributed by atoms with van der Waals surface area (Å²) in [7, 11) is 0. The lowest BCUT2D eigenvalue weighted by Crippen LogP contribution is -2.57. The van der Waals surface area contributed by atoms with Gasteiger partial charge in [0.1, 0.15) is 18.1 Å². The molecule has 0 saturated carbocycles. The van der Waals surface area contributed by atoms with E-state index in [1.165, 1.54) is 11.8 Å². The highest BCUT2D eigenvalue weighted by Gasteiger charge is 2.31. The molecule has 0 aromatic carbocycles. The van der Waals surface area contributed by atoms with Gasteiger partial charge in [-0.15, -0.1) is 0 Å². The van der Waals surface area contributed by atoms with Gasteiger partial charge in [0.2, 0.25) is 23.6 Å². The van der Waals surface area contributed by atoms with Gasteiger partial charge in [0, 0.05) is 6.42 Å². The molecule has 1 rings (SSSR count). The molecule has 1 heterocycles. The highest BCUT2D eigenvalue weighted by atomic mass is 32.2. The normalized spacial score (nSPS) is 18.2. The minimum atomic E-state index is -1.19. The number of primary amides is 1. The molecule has 4 unspecified atom stereocenters. The Morgan fingerprint density at radius 3 is 2.12 bits per heavy atom. The number of hydrogen-bond acceptors (Lipinski definition) is 7. The average Bonchev–Trinajstić information content (AvgIpc) is 3.27. The molecule has 0 aliphatic carbocycles. The maximum Gasteiger partial charge on any atom is 0.326 e. The smallest absolute Gasteiger partial charge is 0.326 e. The predicted molar refractivity (Wildman–Crippen MR) is 125 cm³/mol. The summed E-state index contributed by atoms with van der Waals surface area (Å²) in [6.45, 7) is 4.38. The van der Waals surface area contributed by atoms with Crippen molar-refractivity contribution in [2.24, 2.45) is 11.7 Å². The fourth-order valence-corrected chi connectivity index (χ4v) is 3.95. The van der Waals surface area contributed by atoms with Gasteiger partial charge in [0.15, 0.2) is 0 Å². The first-order valence-electron chi connectivity index (χ1n) is 11.2. The van der Waals surface area contributed by atoms with Crippen LogP contribution in [0.25, 0.3) is 0 Å². The second-order valence-electron chi connectivity index (χ2n) is 8.59. The molecule has 33 heavy (non-hydrogen) atoms. The number of amides is 4. The number of carboxylic acid groups (broad SMARTS) is 1. The van der Waals surface area contributed by atoms with Crippen LogP contribution >= 0.6 is 11.8 Å². The minimum Gasteiger partial charge on any atom is -0.480 e. The number of carboxylic acids is 1. The lowest BCUT2D eigenvalue weighted by atomic mass is 10.0. The molecule has 0 aromatic rings. The maximum absolute atomic E-state index is 13.0. The minimum absolute atomic E-state index is 0.0143. The largest absolute Gasteiger partial charge is 0.480 e.